The molecule has 1 unspecified atom stereocenters. The fourth-order valence-corrected chi connectivity index (χ4v) is 2.32. The Hall–Kier alpha value is -0.490. The Bertz CT molecular complexity index is 341. The number of nitrogens with two attached hydrogens (primary N) is 1. The quantitative estimate of drug-likeness (QED) is 0.716. The lowest BCUT2D eigenvalue weighted by Gasteiger charge is -2.24. The van der Waals surface area contributed by atoms with E-state index >= 15 is 0 Å². The Morgan fingerprint density at radius 3 is 3.08 bits per heavy atom. The first-order valence-electron chi connectivity index (χ1n) is 4.10. The van der Waals surface area contributed by atoms with Crippen molar-refractivity contribution in [3.05, 3.63) is 21.3 Å². The van der Waals surface area contributed by atoms with Crippen LogP contribution in [-0.2, 0) is 0 Å². The second-order valence-electron chi connectivity index (χ2n) is 3.05. The zero-order chi connectivity index (χ0) is 9.42. The van der Waals surface area contributed by atoms with Crippen LogP contribution in [-0.4, -0.2) is 11.7 Å². The van der Waals surface area contributed by atoms with E-state index in [4.69, 9.17) is 10.5 Å². The van der Waals surface area contributed by atoms with E-state index < -0.39 is 0 Å². The fraction of sp³-hybridized carbons (Fsp3) is 0.333. The molecule has 1 aromatic carbocycles. The molecule has 1 atom stereocenters. The van der Waals surface area contributed by atoms with Gasteiger partial charge in [0.25, 0.3) is 0 Å². The second kappa shape index (κ2) is 3.34. The average Bonchev–Trinajstić information content (AvgIpc) is 2.12. The van der Waals surface area contributed by atoms with E-state index in [1.165, 1.54) is 0 Å². The number of benzene rings is 1. The molecule has 0 amide bonds. The summed E-state index contributed by atoms with van der Waals surface area (Å²) in [6, 6.07) is 3.40. The molecule has 0 fully saturated rings. The van der Waals surface area contributed by atoms with Crippen LogP contribution >= 0.6 is 22.6 Å². The van der Waals surface area contributed by atoms with Gasteiger partial charge < -0.3 is 15.6 Å². The number of hydrogen-bond acceptors (Lipinski definition) is 3. The maximum Gasteiger partial charge on any atom is 0.129 e. The summed E-state index contributed by atoms with van der Waals surface area (Å²) in [5, 5.41) is 9.47. The summed E-state index contributed by atoms with van der Waals surface area (Å²) in [5.74, 6) is 1.08. The van der Waals surface area contributed by atoms with E-state index in [2.05, 4.69) is 22.6 Å². The Kier molecular flexibility index (Phi) is 2.33. The summed E-state index contributed by atoms with van der Waals surface area (Å²) < 4.78 is 6.24. The Morgan fingerprint density at radius 2 is 2.31 bits per heavy atom. The SMILES string of the molecule is NC1CCOc2ccc(O)c(I)c21. The lowest BCUT2D eigenvalue weighted by Crippen LogP contribution is -2.21. The van der Waals surface area contributed by atoms with Gasteiger partial charge >= 0.3 is 0 Å². The fourth-order valence-electron chi connectivity index (χ4n) is 1.48. The van der Waals surface area contributed by atoms with Crippen molar-refractivity contribution < 1.29 is 9.84 Å². The van der Waals surface area contributed by atoms with Crippen LogP contribution in [0.3, 0.4) is 0 Å². The van der Waals surface area contributed by atoms with Crippen LogP contribution in [0.1, 0.15) is 18.0 Å². The van der Waals surface area contributed by atoms with Gasteiger partial charge in [0.1, 0.15) is 11.5 Å². The predicted octanol–water partition coefficient (Wildman–Crippen LogP) is 1.78. The highest BCUT2D eigenvalue weighted by atomic mass is 127. The third-order valence-corrected chi connectivity index (χ3v) is 3.31. The summed E-state index contributed by atoms with van der Waals surface area (Å²) in [6.07, 6.45) is 0.812. The molecule has 1 heterocycles. The van der Waals surface area contributed by atoms with E-state index in [0.717, 1.165) is 21.3 Å². The van der Waals surface area contributed by atoms with Crippen molar-refractivity contribution in [1.29, 1.82) is 0 Å². The third kappa shape index (κ3) is 1.48. The topological polar surface area (TPSA) is 55.5 Å². The number of aromatic hydroxyl groups is 1. The normalized spacial score (nSPS) is 20.6. The van der Waals surface area contributed by atoms with E-state index in [1.54, 1.807) is 12.1 Å². The molecule has 1 aromatic rings. The van der Waals surface area contributed by atoms with Crippen molar-refractivity contribution in [2.24, 2.45) is 5.73 Å². The molecule has 0 bridgehead atoms. The Labute approximate surface area is 90.0 Å². The van der Waals surface area contributed by atoms with Crippen molar-refractivity contribution in [3.63, 3.8) is 0 Å². The minimum Gasteiger partial charge on any atom is -0.507 e. The maximum atomic E-state index is 9.47. The van der Waals surface area contributed by atoms with Crippen molar-refractivity contribution in [2.75, 3.05) is 6.61 Å². The number of rotatable bonds is 0. The first kappa shape index (κ1) is 9.08. The minimum atomic E-state index is -0.0113. The number of hydrogen-bond donors (Lipinski definition) is 2. The molecule has 0 saturated carbocycles. The smallest absolute Gasteiger partial charge is 0.129 e. The van der Waals surface area contributed by atoms with Gasteiger partial charge in [0.05, 0.1) is 10.2 Å². The van der Waals surface area contributed by atoms with Crippen LogP contribution < -0.4 is 10.5 Å². The highest BCUT2D eigenvalue weighted by Crippen LogP contribution is 2.38. The summed E-state index contributed by atoms with van der Waals surface area (Å²) in [6.45, 7) is 0.662. The van der Waals surface area contributed by atoms with Crippen LogP contribution in [0.4, 0.5) is 0 Å². The summed E-state index contributed by atoms with van der Waals surface area (Å²) in [4.78, 5) is 0. The van der Waals surface area contributed by atoms with E-state index in [-0.39, 0.29) is 11.8 Å². The predicted molar refractivity (Wildman–Crippen MR) is 57.9 cm³/mol. The molecule has 3 N–H and O–H groups in total. The highest BCUT2D eigenvalue weighted by Gasteiger charge is 2.22. The molecular formula is C9H10INO2. The molecule has 0 saturated heterocycles. The lowest BCUT2D eigenvalue weighted by molar-refractivity contribution is 0.267. The summed E-state index contributed by atoms with van der Waals surface area (Å²) in [7, 11) is 0. The zero-order valence-electron chi connectivity index (χ0n) is 6.96. The largest absolute Gasteiger partial charge is 0.507 e. The molecule has 1 aliphatic heterocycles. The summed E-state index contributed by atoms with van der Waals surface area (Å²) in [5.41, 5.74) is 6.86. The average molecular weight is 291 g/mol. The van der Waals surface area contributed by atoms with Crippen molar-refractivity contribution in [1.82, 2.24) is 0 Å². The molecular weight excluding hydrogens is 281 g/mol. The van der Waals surface area contributed by atoms with Crippen molar-refractivity contribution in [2.45, 2.75) is 12.5 Å². The third-order valence-electron chi connectivity index (χ3n) is 2.18. The molecule has 3 nitrogen and oxygen atoms in total. The Morgan fingerprint density at radius 1 is 1.54 bits per heavy atom. The van der Waals surface area contributed by atoms with Crippen LogP contribution in [0.2, 0.25) is 0 Å². The van der Waals surface area contributed by atoms with Gasteiger partial charge in [-0.25, -0.2) is 0 Å². The first-order valence-corrected chi connectivity index (χ1v) is 5.18. The van der Waals surface area contributed by atoms with Crippen LogP contribution in [0.5, 0.6) is 11.5 Å². The number of phenols is 1. The monoisotopic (exact) mass is 291 g/mol. The van der Waals surface area contributed by atoms with Gasteiger partial charge in [-0.15, -0.1) is 0 Å². The van der Waals surface area contributed by atoms with Gasteiger partial charge in [0, 0.05) is 18.0 Å². The molecule has 4 heteroatoms. The van der Waals surface area contributed by atoms with Crippen LogP contribution in [0.15, 0.2) is 12.1 Å². The van der Waals surface area contributed by atoms with Crippen LogP contribution in [0.25, 0.3) is 0 Å². The van der Waals surface area contributed by atoms with Crippen molar-refractivity contribution >= 4 is 22.6 Å². The second-order valence-corrected chi connectivity index (χ2v) is 4.13. The van der Waals surface area contributed by atoms with Gasteiger partial charge in [-0.1, -0.05) is 0 Å². The van der Waals surface area contributed by atoms with Crippen LogP contribution in [0, 0.1) is 3.57 Å². The van der Waals surface area contributed by atoms with Gasteiger partial charge in [-0.3, -0.25) is 0 Å². The number of phenolic OH excluding ortho intramolecular Hbond substituents is 1. The standard InChI is InChI=1S/C9H10INO2/c10-9-6(12)1-2-7-8(9)5(11)3-4-13-7/h1-2,5,12H,3-4,11H2. The zero-order valence-corrected chi connectivity index (χ0v) is 9.11. The van der Waals surface area contributed by atoms with E-state index in [0.29, 0.717) is 6.61 Å². The summed E-state index contributed by atoms with van der Waals surface area (Å²) >= 11 is 2.09. The number of fused-ring (bicyclic) bond motifs is 1. The van der Waals surface area contributed by atoms with Gasteiger partial charge in [-0.05, 0) is 34.7 Å². The molecule has 2 rings (SSSR count). The highest BCUT2D eigenvalue weighted by molar-refractivity contribution is 14.1. The molecule has 0 aliphatic carbocycles. The van der Waals surface area contributed by atoms with Gasteiger partial charge in [0.15, 0.2) is 0 Å². The number of halogens is 1. The lowest BCUT2D eigenvalue weighted by atomic mass is 10.0. The molecule has 13 heavy (non-hydrogen) atoms. The Balaban J connectivity index is 2.58. The van der Waals surface area contributed by atoms with E-state index in [9.17, 15) is 5.11 Å². The molecule has 0 aromatic heterocycles. The van der Waals surface area contributed by atoms with Gasteiger partial charge in [0.2, 0.25) is 0 Å². The molecule has 0 radical (unpaired) electrons. The van der Waals surface area contributed by atoms with Gasteiger partial charge in [-0.2, -0.15) is 0 Å². The number of ether oxygens (including phenoxy) is 1. The molecule has 1 aliphatic rings. The van der Waals surface area contributed by atoms with Crippen molar-refractivity contribution in [3.8, 4) is 11.5 Å². The van der Waals surface area contributed by atoms with E-state index in [1.807, 2.05) is 0 Å². The minimum absolute atomic E-state index is 0.0113. The molecule has 70 valence electrons. The first-order chi connectivity index (χ1) is 6.20. The maximum absolute atomic E-state index is 9.47. The molecule has 0 spiro atoms.